The number of fused-ring (bicyclic) bond motifs is 1. The number of carbonyl (C=O) groups excluding carboxylic acids is 1. The molecule has 1 N–H and O–H groups in total. The highest BCUT2D eigenvalue weighted by Crippen LogP contribution is 2.17. The van der Waals surface area contributed by atoms with Gasteiger partial charge in [-0.3, -0.25) is 4.79 Å². The van der Waals surface area contributed by atoms with Gasteiger partial charge in [0.2, 0.25) is 5.91 Å². The summed E-state index contributed by atoms with van der Waals surface area (Å²) in [6, 6.07) is 11.1. The van der Waals surface area contributed by atoms with Gasteiger partial charge in [0.25, 0.3) is 0 Å². The normalized spacial score (nSPS) is 9.67. The summed E-state index contributed by atoms with van der Waals surface area (Å²) in [6.45, 7) is 0.140. The number of aromatic nitrogens is 1. The fourth-order valence-corrected chi connectivity index (χ4v) is 1.74. The molecule has 1 heterocycles. The van der Waals surface area contributed by atoms with Gasteiger partial charge < -0.3 is 9.88 Å². The maximum atomic E-state index is 11.5. The molecule has 5 heteroatoms. The minimum absolute atomic E-state index is 0.00147. The van der Waals surface area contributed by atoms with Crippen LogP contribution in [0.15, 0.2) is 30.5 Å². The van der Waals surface area contributed by atoms with E-state index in [1.165, 1.54) is 0 Å². The minimum atomic E-state index is -0.226. The predicted molar refractivity (Wildman–Crippen MR) is 65.3 cm³/mol. The molecular formula is C13H10N4O. The highest BCUT2D eigenvalue weighted by atomic mass is 16.1. The van der Waals surface area contributed by atoms with E-state index in [0.29, 0.717) is 5.56 Å². The molecule has 0 bridgehead atoms. The molecule has 1 amide bonds. The van der Waals surface area contributed by atoms with Crippen LogP contribution < -0.4 is 5.32 Å². The van der Waals surface area contributed by atoms with Crippen molar-refractivity contribution >= 4 is 16.8 Å². The Morgan fingerprint density at radius 3 is 2.89 bits per heavy atom. The van der Waals surface area contributed by atoms with Gasteiger partial charge in [-0.05, 0) is 23.6 Å². The maximum Gasteiger partial charge on any atom is 0.240 e. The lowest BCUT2D eigenvalue weighted by atomic mass is 10.2. The summed E-state index contributed by atoms with van der Waals surface area (Å²) in [6.07, 6.45) is 1.79. The highest BCUT2D eigenvalue weighted by molar-refractivity contribution is 5.84. The van der Waals surface area contributed by atoms with E-state index in [9.17, 15) is 4.79 Å². The number of amides is 1. The van der Waals surface area contributed by atoms with Gasteiger partial charge in [0.05, 0.1) is 17.7 Å². The fourth-order valence-electron chi connectivity index (χ4n) is 1.74. The number of nitriles is 2. The molecule has 0 atom stereocenters. The molecule has 0 aliphatic carbocycles. The molecule has 1 aromatic carbocycles. The van der Waals surface area contributed by atoms with Crippen LogP contribution in [-0.4, -0.2) is 17.0 Å². The molecule has 0 aliphatic rings. The van der Waals surface area contributed by atoms with E-state index in [1.807, 2.05) is 18.2 Å². The fraction of sp³-hybridized carbons (Fsp3) is 0.154. The van der Waals surface area contributed by atoms with Gasteiger partial charge in [0.1, 0.15) is 13.1 Å². The van der Waals surface area contributed by atoms with E-state index in [4.69, 9.17) is 10.5 Å². The number of benzene rings is 1. The second-order valence-electron chi connectivity index (χ2n) is 3.76. The van der Waals surface area contributed by atoms with Crippen molar-refractivity contribution in [1.29, 1.82) is 10.5 Å². The largest absolute Gasteiger partial charge is 0.341 e. The van der Waals surface area contributed by atoms with Gasteiger partial charge in [0, 0.05) is 11.7 Å². The Morgan fingerprint density at radius 1 is 1.33 bits per heavy atom. The molecule has 0 saturated carbocycles. The quantitative estimate of drug-likeness (QED) is 0.814. The number of nitrogens with zero attached hydrogens (tertiary/aromatic N) is 3. The van der Waals surface area contributed by atoms with Gasteiger partial charge in [-0.1, -0.05) is 6.07 Å². The lowest BCUT2D eigenvalue weighted by molar-refractivity contribution is -0.121. The third kappa shape index (κ3) is 2.31. The smallest absolute Gasteiger partial charge is 0.240 e. The molecule has 18 heavy (non-hydrogen) atoms. The zero-order valence-corrected chi connectivity index (χ0v) is 9.55. The van der Waals surface area contributed by atoms with Crippen molar-refractivity contribution in [2.45, 2.75) is 6.54 Å². The van der Waals surface area contributed by atoms with E-state index in [-0.39, 0.29) is 19.0 Å². The molecule has 0 saturated heterocycles. The van der Waals surface area contributed by atoms with E-state index in [2.05, 4.69) is 11.4 Å². The van der Waals surface area contributed by atoms with Crippen LogP contribution in [-0.2, 0) is 11.3 Å². The van der Waals surface area contributed by atoms with Crippen LogP contribution in [0.1, 0.15) is 5.56 Å². The predicted octanol–water partition coefficient (Wildman–Crippen LogP) is 1.15. The standard InChI is InChI=1S/C13H10N4O/c14-4-5-16-13(18)9-17-6-3-11-2-1-10(8-15)7-12(11)17/h1-3,6-7H,5,9H2,(H,16,18). The van der Waals surface area contributed by atoms with Crippen LogP contribution in [0, 0.1) is 22.7 Å². The Morgan fingerprint density at radius 2 is 2.17 bits per heavy atom. The molecule has 5 nitrogen and oxygen atoms in total. The van der Waals surface area contributed by atoms with Gasteiger partial charge in [0.15, 0.2) is 0 Å². The minimum Gasteiger partial charge on any atom is -0.341 e. The zero-order valence-electron chi connectivity index (χ0n) is 9.55. The lowest BCUT2D eigenvalue weighted by Gasteiger charge is -2.05. The molecule has 88 valence electrons. The summed E-state index contributed by atoms with van der Waals surface area (Å²) < 4.78 is 1.75. The van der Waals surface area contributed by atoms with Crippen molar-refractivity contribution in [3.63, 3.8) is 0 Å². The van der Waals surface area contributed by atoms with Crippen molar-refractivity contribution in [3.8, 4) is 12.1 Å². The second-order valence-corrected chi connectivity index (χ2v) is 3.76. The molecule has 0 aliphatic heterocycles. The SMILES string of the molecule is N#CCNC(=O)Cn1ccc2ccc(C#N)cc21. The average Bonchev–Trinajstić information content (AvgIpc) is 2.78. The number of rotatable bonds is 3. The summed E-state index contributed by atoms with van der Waals surface area (Å²) in [5.74, 6) is -0.226. The zero-order chi connectivity index (χ0) is 13.0. The number of hydrogen-bond donors (Lipinski definition) is 1. The van der Waals surface area contributed by atoms with E-state index < -0.39 is 0 Å². The van der Waals surface area contributed by atoms with E-state index in [1.54, 1.807) is 22.9 Å². The summed E-state index contributed by atoms with van der Waals surface area (Å²) in [5.41, 5.74) is 1.39. The monoisotopic (exact) mass is 238 g/mol. The molecule has 0 unspecified atom stereocenters. The van der Waals surface area contributed by atoms with Crippen molar-refractivity contribution in [2.24, 2.45) is 0 Å². The van der Waals surface area contributed by atoms with Crippen LogP contribution in [0.25, 0.3) is 10.9 Å². The first-order chi connectivity index (χ1) is 8.74. The molecule has 1 aromatic heterocycles. The Labute approximate surface area is 104 Å². The van der Waals surface area contributed by atoms with Gasteiger partial charge >= 0.3 is 0 Å². The number of carbonyl (C=O) groups is 1. The summed E-state index contributed by atoms with van der Waals surface area (Å²) in [7, 11) is 0. The molecule has 2 rings (SSSR count). The van der Waals surface area contributed by atoms with Crippen molar-refractivity contribution in [3.05, 3.63) is 36.0 Å². The number of hydrogen-bond acceptors (Lipinski definition) is 3. The van der Waals surface area contributed by atoms with Crippen molar-refractivity contribution in [1.82, 2.24) is 9.88 Å². The third-order valence-corrected chi connectivity index (χ3v) is 2.58. The van der Waals surface area contributed by atoms with Crippen LogP contribution in [0.4, 0.5) is 0 Å². The number of nitrogens with one attached hydrogen (secondary N) is 1. The third-order valence-electron chi connectivity index (χ3n) is 2.58. The van der Waals surface area contributed by atoms with Crippen molar-refractivity contribution < 1.29 is 4.79 Å². The summed E-state index contributed by atoms with van der Waals surface area (Å²) >= 11 is 0. The molecule has 2 aromatic rings. The second kappa shape index (κ2) is 5.03. The molecule has 0 fully saturated rings. The van der Waals surface area contributed by atoms with E-state index >= 15 is 0 Å². The molecule has 0 spiro atoms. The van der Waals surface area contributed by atoms with Crippen LogP contribution in [0.5, 0.6) is 0 Å². The highest BCUT2D eigenvalue weighted by Gasteiger charge is 2.06. The summed E-state index contributed by atoms with van der Waals surface area (Å²) in [4.78, 5) is 11.5. The van der Waals surface area contributed by atoms with Gasteiger partial charge in [-0.15, -0.1) is 0 Å². The van der Waals surface area contributed by atoms with Crippen LogP contribution in [0.2, 0.25) is 0 Å². The molecule has 0 radical (unpaired) electrons. The molecular weight excluding hydrogens is 228 g/mol. The Kier molecular flexibility index (Phi) is 3.26. The van der Waals surface area contributed by atoms with Gasteiger partial charge in [-0.2, -0.15) is 10.5 Å². The summed E-state index contributed by atoms with van der Waals surface area (Å²) in [5, 5.41) is 20.7. The Balaban J connectivity index is 2.26. The average molecular weight is 238 g/mol. The Hall–Kier alpha value is -2.79. The van der Waals surface area contributed by atoms with Crippen molar-refractivity contribution in [2.75, 3.05) is 6.54 Å². The lowest BCUT2D eigenvalue weighted by Crippen LogP contribution is -2.27. The van der Waals surface area contributed by atoms with E-state index in [0.717, 1.165) is 10.9 Å². The van der Waals surface area contributed by atoms with Crippen LogP contribution >= 0.6 is 0 Å². The first-order valence-electron chi connectivity index (χ1n) is 5.37. The Bertz CT molecular complexity index is 672. The van der Waals surface area contributed by atoms with Crippen LogP contribution in [0.3, 0.4) is 0 Å². The maximum absolute atomic E-state index is 11.5. The first-order valence-corrected chi connectivity index (χ1v) is 5.37. The first kappa shape index (κ1) is 11.7. The topological polar surface area (TPSA) is 81.6 Å². The van der Waals surface area contributed by atoms with Gasteiger partial charge in [-0.25, -0.2) is 0 Å².